The molecule has 2 unspecified atom stereocenters. The van der Waals surface area contributed by atoms with E-state index in [4.69, 9.17) is 11.6 Å². The highest BCUT2D eigenvalue weighted by Crippen LogP contribution is 2.39. The van der Waals surface area contributed by atoms with Gasteiger partial charge in [-0.3, -0.25) is 0 Å². The Morgan fingerprint density at radius 2 is 2.00 bits per heavy atom. The van der Waals surface area contributed by atoms with Crippen molar-refractivity contribution in [1.82, 2.24) is 24.3 Å². The highest BCUT2D eigenvalue weighted by Gasteiger charge is 2.38. The number of imidazole rings is 1. The van der Waals surface area contributed by atoms with Gasteiger partial charge < -0.3 is 9.13 Å². The molecule has 0 saturated carbocycles. The summed E-state index contributed by atoms with van der Waals surface area (Å²) in [4.78, 5) is 4.44. The van der Waals surface area contributed by atoms with E-state index < -0.39 is 0 Å². The van der Waals surface area contributed by atoms with Crippen molar-refractivity contribution < 1.29 is 0 Å². The monoisotopic (exact) mass is 365 g/mol. The van der Waals surface area contributed by atoms with Gasteiger partial charge in [0.25, 0.3) is 0 Å². The second kappa shape index (κ2) is 5.55. The summed E-state index contributed by atoms with van der Waals surface area (Å²) in [6.45, 7) is 5.12. The van der Waals surface area contributed by atoms with Crippen LogP contribution in [0.1, 0.15) is 48.1 Å². The van der Waals surface area contributed by atoms with E-state index in [1.807, 2.05) is 25.3 Å². The lowest BCUT2D eigenvalue weighted by Crippen LogP contribution is -2.33. The van der Waals surface area contributed by atoms with Crippen molar-refractivity contribution in [2.45, 2.75) is 44.7 Å². The number of halogens is 1. The summed E-state index contributed by atoms with van der Waals surface area (Å²) < 4.78 is 4.60. The molecule has 0 N–H and O–H groups in total. The van der Waals surface area contributed by atoms with Gasteiger partial charge in [0.05, 0.1) is 23.3 Å². The molecule has 0 bridgehead atoms. The summed E-state index contributed by atoms with van der Waals surface area (Å²) in [6.07, 6.45) is 8.33. The molecule has 3 aromatic rings. The fraction of sp³-hybridized carbons (Fsp3) is 0.350. The standard InChI is InChI=1S/C20H20ClN5/c1-13-22-11-16-9-10-20(2,12-25(13)16)19-24-23-18-8-7-17(26(18)19)14-3-5-15(21)6-4-14/h3-6,9-11,17H,7-8,12H2,1-2H3. The first-order valence-corrected chi connectivity index (χ1v) is 9.34. The molecule has 2 aliphatic heterocycles. The lowest BCUT2D eigenvalue weighted by molar-refractivity contribution is 0.415. The van der Waals surface area contributed by atoms with Gasteiger partial charge in [0.15, 0.2) is 0 Å². The van der Waals surface area contributed by atoms with Crippen LogP contribution in [-0.2, 0) is 18.4 Å². The molecule has 4 heterocycles. The Morgan fingerprint density at radius 3 is 2.81 bits per heavy atom. The van der Waals surface area contributed by atoms with Crippen LogP contribution in [0.3, 0.4) is 0 Å². The smallest absolute Gasteiger partial charge is 0.145 e. The molecule has 0 spiro atoms. The molecule has 5 nitrogen and oxygen atoms in total. The van der Waals surface area contributed by atoms with Crippen LogP contribution >= 0.6 is 11.6 Å². The normalized spacial score (nSPS) is 23.9. The molecule has 0 fully saturated rings. The average molecular weight is 366 g/mol. The van der Waals surface area contributed by atoms with Gasteiger partial charge in [0.2, 0.25) is 0 Å². The largest absolute Gasteiger partial charge is 0.327 e. The number of nitrogens with zero attached hydrogens (tertiary/aromatic N) is 5. The van der Waals surface area contributed by atoms with Crippen molar-refractivity contribution in [3.8, 4) is 0 Å². The highest BCUT2D eigenvalue weighted by atomic mass is 35.5. The predicted octanol–water partition coefficient (Wildman–Crippen LogP) is 3.96. The van der Waals surface area contributed by atoms with Crippen LogP contribution in [0.5, 0.6) is 0 Å². The van der Waals surface area contributed by atoms with Gasteiger partial charge >= 0.3 is 0 Å². The summed E-state index contributed by atoms with van der Waals surface area (Å²) in [5.74, 6) is 3.13. The maximum Gasteiger partial charge on any atom is 0.145 e. The van der Waals surface area contributed by atoms with E-state index in [0.29, 0.717) is 0 Å². The number of aryl methyl sites for hydroxylation is 2. The van der Waals surface area contributed by atoms with E-state index in [0.717, 1.165) is 47.6 Å². The Labute approximate surface area is 157 Å². The van der Waals surface area contributed by atoms with Crippen molar-refractivity contribution in [2.24, 2.45) is 0 Å². The molecule has 0 radical (unpaired) electrons. The second-order valence-corrected chi connectivity index (χ2v) is 7.92. The first-order chi connectivity index (χ1) is 12.5. The van der Waals surface area contributed by atoms with Crippen LogP contribution in [0.25, 0.3) is 6.08 Å². The summed E-state index contributed by atoms with van der Waals surface area (Å²) in [5, 5.41) is 9.89. The molecule has 5 rings (SSSR count). The first kappa shape index (κ1) is 15.8. The Morgan fingerprint density at radius 1 is 1.19 bits per heavy atom. The van der Waals surface area contributed by atoms with Gasteiger partial charge in [0, 0.05) is 18.0 Å². The molecule has 0 amide bonds. The van der Waals surface area contributed by atoms with Gasteiger partial charge in [0.1, 0.15) is 17.5 Å². The Hall–Kier alpha value is -2.40. The zero-order chi connectivity index (χ0) is 17.9. The first-order valence-electron chi connectivity index (χ1n) is 8.96. The van der Waals surface area contributed by atoms with Crippen molar-refractivity contribution in [1.29, 1.82) is 0 Å². The number of aromatic nitrogens is 5. The molecular weight excluding hydrogens is 346 g/mol. The minimum Gasteiger partial charge on any atom is -0.327 e. The molecule has 132 valence electrons. The van der Waals surface area contributed by atoms with Crippen LogP contribution in [0.2, 0.25) is 5.02 Å². The Balaban J connectivity index is 1.58. The van der Waals surface area contributed by atoms with Crippen LogP contribution in [0.15, 0.2) is 36.5 Å². The highest BCUT2D eigenvalue weighted by molar-refractivity contribution is 6.30. The van der Waals surface area contributed by atoms with Crippen molar-refractivity contribution in [3.63, 3.8) is 0 Å². The summed E-state index contributed by atoms with van der Waals surface area (Å²) in [7, 11) is 0. The van der Waals surface area contributed by atoms with E-state index in [-0.39, 0.29) is 11.5 Å². The minimum absolute atomic E-state index is 0.210. The number of hydrogen-bond acceptors (Lipinski definition) is 3. The molecule has 2 atom stereocenters. The maximum absolute atomic E-state index is 6.08. The molecule has 2 aromatic heterocycles. The topological polar surface area (TPSA) is 48.5 Å². The van der Waals surface area contributed by atoms with Gasteiger partial charge in [-0.1, -0.05) is 29.8 Å². The molecule has 6 heteroatoms. The summed E-state index contributed by atoms with van der Waals surface area (Å²) >= 11 is 6.08. The van der Waals surface area contributed by atoms with Gasteiger partial charge in [-0.2, -0.15) is 0 Å². The fourth-order valence-corrected chi connectivity index (χ4v) is 4.35. The third-order valence-corrected chi connectivity index (χ3v) is 5.93. The lowest BCUT2D eigenvalue weighted by atomic mass is 9.86. The van der Waals surface area contributed by atoms with Gasteiger partial charge in [-0.05, 0) is 44.0 Å². The van der Waals surface area contributed by atoms with Gasteiger partial charge in [-0.15, -0.1) is 10.2 Å². The predicted molar refractivity (Wildman–Crippen MR) is 101 cm³/mol. The minimum atomic E-state index is -0.210. The molecular formula is C20H20ClN5. The van der Waals surface area contributed by atoms with Crippen LogP contribution < -0.4 is 0 Å². The van der Waals surface area contributed by atoms with E-state index in [2.05, 4.69) is 55.5 Å². The third kappa shape index (κ3) is 2.27. The maximum atomic E-state index is 6.08. The zero-order valence-electron chi connectivity index (χ0n) is 14.9. The number of allylic oxidation sites excluding steroid dienone is 1. The van der Waals surface area contributed by atoms with Crippen LogP contribution in [0.4, 0.5) is 0 Å². The molecule has 1 aromatic carbocycles. The quantitative estimate of drug-likeness (QED) is 0.690. The van der Waals surface area contributed by atoms with Crippen LogP contribution in [0, 0.1) is 6.92 Å². The number of hydrogen-bond donors (Lipinski definition) is 0. The molecule has 0 saturated heterocycles. The average Bonchev–Trinajstić information content (AvgIpc) is 3.32. The van der Waals surface area contributed by atoms with Crippen molar-refractivity contribution in [3.05, 3.63) is 70.3 Å². The van der Waals surface area contributed by atoms with E-state index in [1.54, 1.807) is 0 Å². The molecule has 0 aliphatic carbocycles. The van der Waals surface area contributed by atoms with Crippen LogP contribution in [-0.4, -0.2) is 24.3 Å². The second-order valence-electron chi connectivity index (χ2n) is 7.48. The Bertz CT molecular complexity index is 1010. The number of fused-ring (bicyclic) bond motifs is 2. The summed E-state index contributed by atoms with van der Waals surface area (Å²) in [6, 6.07) is 8.42. The van der Waals surface area contributed by atoms with E-state index in [1.165, 1.54) is 5.56 Å². The molecule has 26 heavy (non-hydrogen) atoms. The van der Waals surface area contributed by atoms with E-state index >= 15 is 0 Å². The Kier molecular flexibility index (Phi) is 3.38. The molecule has 2 aliphatic rings. The fourth-order valence-electron chi connectivity index (χ4n) is 4.23. The zero-order valence-corrected chi connectivity index (χ0v) is 15.6. The number of benzene rings is 1. The number of rotatable bonds is 2. The van der Waals surface area contributed by atoms with Crippen molar-refractivity contribution >= 4 is 17.7 Å². The third-order valence-electron chi connectivity index (χ3n) is 5.68. The SMILES string of the molecule is Cc1ncc2n1CC(C)(c1nnc3n1C(c1ccc(Cl)cc1)CC3)C=C2. The van der Waals surface area contributed by atoms with E-state index in [9.17, 15) is 0 Å². The van der Waals surface area contributed by atoms with Gasteiger partial charge in [-0.25, -0.2) is 4.98 Å². The summed E-state index contributed by atoms with van der Waals surface area (Å²) in [5.41, 5.74) is 2.20. The van der Waals surface area contributed by atoms with Crippen molar-refractivity contribution in [2.75, 3.05) is 0 Å². The lowest BCUT2D eigenvalue weighted by Gasteiger charge is -2.31.